The second-order valence-electron chi connectivity index (χ2n) is 9.91. The van der Waals surface area contributed by atoms with E-state index in [0.717, 1.165) is 38.6 Å². The van der Waals surface area contributed by atoms with Gasteiger partial charge in [0.05, 0.1) is 18.8 Å². The molecule has 1 aromatic carbocycles. The predicted octanol–water partition coefficient (Wildman–Crippen LogP) is 3.40. The highest BCUT2D eigenvalue weighted by Crippen LogP contribution is 2.63. The van der Waals surface area contributed by atoms with Crippen molar-refractivity contribution in [3.63, 3.8) is 0 Å². The lowest BCUT2D eigenvalue weighted by Crippen LogP contribution is -2.50. The summed E-state index contributed by atoms with van der Waals surface area (Å²) in [5.41, 5.74) is 1.86. The van der Waals surface area contributed by atoms with Crippen molar-refractivity contribution in [1.29, 1.82) is 0 Å². The van der Waals surface area contributed by atoms with Crippen LogP contribution < -0.4 is 4.90 Å². The van der Waals surface area contributed by atoms with Crippen molar-refractivity contribution in [2.75, 3.05) is 44.2 Å². The number of benzene rings is 1. The number of aliphatic hydroxyl groups excluding tert-OH is 1. The SMILES string of the molecule is CC1(C)[C@H]2CC[C@](C)(C2)[C@H]1OC[C@H](O)CN1CCN(c2ccccc2)CC1. The second kappa shape index (κ2) is 7.38. The monoisotopic (exact) mass is 372 g/mol. The standard InChI is InChI=1S/C23H36N2O2/c1-22(2)18-9-10-23(3,15-18)21(22)27-17-20(26)16-24-11-13-25(14-12-24)19-7-5-4-6-8-19/h4-8,18,20-21,26H,9-17H2,1-3H3/t18-,20+,21-,23+/m0/s1. The zero-order chi connectivity index (χ0) is 19.1. The van der Waals surface area contributed by atoms with Gasteiger partial charge < -0.3 is 14.7 Å². The van der Waals surface area contributed by atoms with Crippen molar-refractivity contribution in [2.45, 2.75) is 52.2 Å². The maximum atomic E-state index is 10.6. The van der Waals surface area contributed by atoms with E-state index in [2.05, 4.69) is 60.9 Å². The molecule has 4 atom stereocenters. The minimum absolute atomic E-state index is 0.244. The van der Waals surface area contributed by atoms with E-state index >= 15 is 0 Å². The Balaban J connectivity index is 1.23. The van der Waals surface area contributed by atoms with Crippen LogP contribution in [0.2, 0.25) is 0 Å². The lowest BCUT2D eigenvalue weighted by atomic mass is 9.70. The van der Waals surface area contributed by atoms with Crippen LogP contribution in [0, 0.1) is 16.7 Å². The first-order valence-corrected chi connectivity index (χ1v) is 10.7. The van der Waals surface area contributed by atoms with Crippen molar-refractivity contribution in [1.82, 2.24) is 4.90 Å². The Bertz CT molecular complexity index is 622. The van der Waals surface area contributed by atoms with Crippen molar-refractivity contribution in [3.8, 4) is 0 Å². The van der Waals surface area contributed by atoms with Gasteiger partial charge in [0, 0.05) is 38.4 Å². The van der Waals surface area contributed by atoms with Crippen LogP contribution in [0.15, 0.2) is 30.3 Å². The number of aliphatic hydroxyl groups is 1. The van der Waals surface area contributed by atoms with Gasteiger partial charge in [0.2, 0.25) is 0 Å². The Hall–Kier alpha value is -1.10. The average molecular weight is 373 g/mol. The van der Waals surface area contributed by atoms with Gasteiger partial charge in [-0.1, -0.05) is 39.0 Å². The lowest BCUT2D eigenvalue weighted by Gasteiger charge is -2.43. The molecule has 0 spiro atoms. The summed E-state index contributed by atoms with van der Waals surface area (Å²) in [5, 5.41) is 10.6. The molecule has 27 heavy (non-hydrogen) atoms. The van der Waals surface area contributed by atoms with Gasteiger partial charge in [-0.3, -0.25) is 4.90 Å². The highest BCUT2D eigenvalue weighted by Gasteiger charge is 2.60. The third kappa shape index (κ3) is 3.76. The molecule has 1 aromatic rings. The van der Waals surface area contributed by atoms with Crippen LogP contribution in [0.1, 0.15) is 40.0 Å². The number of anilines is 1. The Labute approximate surface area is 164 Å². The van der Waals surface area contributed by atoms with Crippen LogP contribution in [0.5, 0.6) is 0 Å². The summed E-state index contributed by atoms with van der Waals surface area (Å²) < 4.78 is 6.36. The second-order valence-corrected chi connectivity index (χ2v) is 9.91. The number of nitrogens with zero attached hydrogens (tertiary/aromatic N) is 2. The minimum Gasteiger partial charge on any atom is -0.389 e. The lowest BCUT2D eigenvalue weighted by molar-refractivity contribution is -0.113. The van der Waals surface area contributed by atoms with E-state index in [1.165, 1.54) is 24.9 Å². The molecule has 2 aliphatic carbocycles. The molecule has 3 fully saturated rings. The highest BCUT2D eigenvalue weighted by molar-refractivity contribution is 5.46. The van der Waals surface area contributed by atoms with Gasteiger partial charge in [-0.05, 0) is 48.1 Å². The number of hydrogen-bond donors (Lipinski definition) is 1. The molecule has 0 radical (unpaired) electrons. The molecule has 1 aliphatic heterocycles. The van der Waals surface area contributed by atoms with Crippen LogP contribution in [0.25, 0.3) is 0 Å². The number of rotatable bonds is 6. The van der Waals surface area contributed by atoms with Gasteiger partial charge in [0.25, 0.3) is 0 Å². The molecule has 0 amide bonds. The first-order valence-electron chi connectivity index (χ1n) is 10.7. The average Bonchev–Trinajstić information content (AvgIpc) is 3.14. The van der Waals surface area contributed by atoms with Crippen LogP contribution in [-0.2, 0) is 4.74 Å². The van der Waals surface area contributed by atoms with Crippen LogP contribution in [0.4, 0.5) is 5.69 Å². The molecule has 2 saturated carbocycles. The van der Waals surface area contributed by atoms with Crippen LogP contribution in [-0.4, -0.2) is 61.5 Å². The maximum absolute atomic E-state index is 10.6. The number of piperazine rings is 1. The van der Waals surface area contributed by atoms with Crippen LogP contribution >= 0.6 is 0 Å². The molecular weight excluding hydrogens is 336 g/mol. The number of para-hydroxylation sites is 1. The summed E-state index contributed by atoms with van der Waals surface area (Å²) in [6.45, 7) is 12.3. The molecule has 0 unspecified atom stereocenters. The maximum Gasteiger partial charge on any atom is 0.0900 e. The largest absolute Gasteiger partial charge is 0.389 e. The van der Waals surface area contributed by atoms with Gasteiger partial charge in [0.1, 0.15) is 0 Å². The molecule has 0 aromatic heterocycles. The van der Waals surface area contributed by atoms with E-state index in [1.54, 1.807) is 0 Å². The number of fused-ring (bicyclic) bond motifs is 2. The van der Waals surface area contributed by atoms with E-state index in [0.29, 0.717) is 12.0 Å². The van der Waals surface area contributed by atoms with Gasteiger partial charge in [0.15, 0.2) is 0 Å². The normalized spacial score (nSPS) is 34.1. The highest BCUT2D eigenvalue weighted by atomic mass is 16.5. The van der Waals surface area contributed by atoms with Gasteiger partial charge in [-0.15, -0.1) is 0 Å². The Morgan fingerprint density at radius 1 is 1.11 bits per heavy atom. The summed E-state index contributed by atoms with van der Waals surface area (Å²) in [7, 11) is 0. The molecular formula is C23H36N2O2. The van der Waals surface area contributed by atoms with Gasteiger partial charge in [-0.2, -0.15) is 0 Å². The Morgan fingerprint density at radius 2 is 1.81 bits per heavy atom. The van der Waals surface area contributed by atoms with E-state index in [4.69, 9.17) is 4.74 Å². The zero-order valence-corrected chi connectivity index (χ0v) is 17.2. The van der Waals surface area contributed by atoms with E-state index < -0.39 is 6.10 Å². The predicted molar refractivity (Wildman–Crippen MR) is 110 cm³/mol. The summed E-state index contributed by atoms with van der Waals surface area (Å²) in [6.07, 6.45) is 3.81. The molecule has 4 nitrogen and oxygen atoms in total. The molecule has 4 rings (SSSR count). The molecule has 3 aliphatic rings. The summed E-state index contributed by atoms with van der Waals surface area (Å²) in [6, 6.07) is 10.6. The first kappa shape index (κ1) is 19.2. The summed E-state index contributed by atoms with van der Waals surface area (Å²) in [4.78, 5) is 4.80. The smallest absolute Gasteiger partial charge is 0.0900 e. The van der Waals surface area contributed by atoms with E-state index in [1.807, 2.05) is 0 Å². The van der Waals surface area contributed by atoms with Gasteiger partial charge in [-0.25, -0.2) is 0 Å². The fraction of sp³-hybridized carbons (Fsp3) is 0.739. The number of β-amino-alcohol motifs (C(OH)–C–C–N with tert-alkyl or cyclic N) is 1. The number of hydrogen-bond acceptors (Lipinski definition) is 4. The molecule has 1 N–H and O–H groups in total. The quantitative estimate of drug-likeness (QED) is 0.830. The molecule has 1 heterocycles. The fourth-order valence-electron chi connectivity index (χ4n) is 6.06. The minimum atomic E-state index is -0.396. The van der Waals surface area contributed by atoms with Crippen molar-refractivity contribution >= 4 is 5.69 Å². The molecule has 150 valence electrons. The third-order valence-corrected chi connectivity index (χ3v) is 7.56. The topological polar surface area (TPSA) is 35.9 Å². The van der Waals surface area contributed by atoms with E-state index in [9.17, 15) is 5.11 Å². The number of ether oxygens (including phenoxy) is 1. The first-order chi connectivity index (χ1) is 12.9. The van der Waals surface area contributed by atoms with Crippen molar-refractivity contribution in [3.05, 3.63) is 30.3 Å². The molecule has 1 saturated heterocycles. The summed E-state index contributed by atoms with van der Waals surface area (Å²) >= 11 is 0. The fourth-order valence-corrected chi connectivity index (χ4v) is 6.06. The summed E-state index contributed by atoms with van der Waals surface area (Å²) in [5.74, 6) is 0.788. The van der Waals surface area contributed by atoms with Crippen LogP contribution in [0.3, 0.4) is 0 Å². The van der Waals surface area contributed by atoms with Crippen molar-refractivity contribution in [2.24, 2.45) is 16.7 Å². The Morgan fingerprint density at radius 3 is 2.44 bits per heavy atom. The Kier molecular flexibility index (Phi) is 5.26. The molecule has 4 heteroatoms. The van der Waals surface area contributed by atoms with E-state index in [-0.39, 0.29) is 11.5 Å². The van der Waals surface area contributed by atoms with Crippen molar-refractivity contribution < 1.29 is 9.84 Å². The molecule has 2 bridgehead atoms. The third-order valence-electron chi connectivity index (χ3n) is 7.56. The van der Waals surface area contributed by atoms with Gasteiger partial charge >= 0.3 is 0 Å². The zero-order valence-electron chi connectivity index (χ0n) is 17.2.